The van der Waals surface area contributed by atoms with Gasteiger partial charge in [-0.15, -0.1) is 0 Å². The number of hydrogen-bond donors (Lipinski definition) is 1. The molecule has 18 heavy (non-hydrogen) atoms. The second-order valence-electron chi connectivity index (χ2n) is 5.08. The van der Waals surface area contributed by atoms with Crippen molar-refractivity contribution < 1.29 is 9.53 Å². The second kappa shape index (κ2) is 4.64. The van der Waals surface area contributed by atoms with Gasteiger partial charge in [-0.2, -0.15) is 0 Å². The predicted molar refractivity (Wildman–Crippen MR) is 70.6 cm³/mol. The highest BCUT2D eigenvalue weighted by atomic mass is 16.5. The van der Waals surface area contributed by atoms with Crippen LogP contribution in [0.25, 0.3) is 0 Å². The summed E-state index contributed by atoms with van der Waals surface area (Å²) >= 11 is 0. The summed E-state index contributed by atoms with van der Waals surface area (Å²) < 4.78 is 5.38. The summed E-state index contributed by atoms with van der Waals surface area (Å²) in [5.74, 6) is 0.430. The Balaban J connectivity index is 2.36. The Bertz CT molecular complexity index is 525. The van der Waals surface area contributed by atoms with E-state index in [4.69, 9.17) is 4.74 Å². The Morgan fingerprint density at radius 2 is 2.00 bits per heavy atom. The van der Waals surface area contributed by atoms with E-state index in [1.165, 1.54) is 12.5 Å². The number of nitrogens with zero attached hydrogens (tertiary/aromatic N) is 1. The minimum Gasteiger partial charge on any atom is -0.463 e. The summed E-state index contributed by atoms with van der Waals surface area (Å²) in [5.41, 5.74) is 0.768. The number of benzene rings is 1. The SMILES string of the molecule is CC(C)(C)NC(=O)C1=NC=COc2ccccc21. The molecule has 0 radical (unpaired) electrons. The molecule has 4 nitrogen and oxygen atoms in total. The largest absolute Gasteiger partial charge is 0.463 e. The van der Waals surface area contributed by atoms with Gasteiger partial charge in [-0.05, 0) is 32.9 Å². The van der Waals surface area contributed by atoms with Crippen molar-refractivity contribution in [3.63, 3.8) is 0 Å². The highest BCUT2D eigenvalue weighted by Gasteiger charge is 2.22. The minimum atomic E-state index is -0.300. The van der Waals surface area contributed by atoms with Crippen LogP contribution in [0.5, 0.6) is 5.75 Å². The fourth-order valence-corrected chi connectivity index (χ4v) is 1.62. The number of aliphatic imine (C=N–C) groups is 1. The molecule has 0 aliphatic carbocycles. The van der Waals surface area contributed by atoms with E-state index in [1.54, 1.807) is 0 Å². The van der Waals surface area contributed by atoms with Crippen LogP contribution in [0, 0.1) is 0 Å². The monoisotopic (exact) mass is 244 g/mol. The Hall–Kier alpha value is -2.10. The van der Waals surface area contributed by atoms with Gasteiger partial charge < -0.3 is 10.1 Å². The number of para-hydroxylation sites is 1. The Morgan fingerprint density at radius 3 is 2.72 bits per heavy atom. The van der Waals surface area contributed by atoms with E-state index in [0.717, 1.165) is 0 Å². The number of amides is 1. The lowest BCUT2D eigenvalue weighted by molar-refractivity contribution is -0.116. The zero-order valence-electron chi connectivity index (χ0n) is 10.7. The highest BCUT2D eigenvalue weighted by molar-refractivity contribution is 6.46. The molecule has 1 aliphatic rings. The number of ether oxygens (including phenoxy) is 1. The van der Waals surface area contributed by atoms with Gasteiger partial charge in [0.15, 0.2) is 0 Å². The predicted octanol–water partition coefficient (Wildman–Crippen LogP) is 2.25. The molecule has 94 valence electrons. The Labute approximate surface area is 106 Å². The number of hydrogen-bond acceptors (Lipinski definition) is 3. The van der Waals surface area contributed by atoms with Gasteiger partial charge in [0.1, 0.15) is 17.7 Å². The van der Waals surface area contributed by atoms with E-state index in [2.05, 4.69) is 10.3 Å². The van der Waals surface area contributed by atoms with Crippen molar-refractivity contribution in [2.75, 3.05) is 0 Å². The van der Waals surface area contributed by atoms with Crippen LogP contribution in [0.2, 0.25) is 0 Å². The molecule has 1 aromatic carbocycles. The Morgan fingerprint density at radius 1 is 1.28 bits per heavy atom. The summed E-state index contributed by atoms with van der Waals surface area (Å²) in [5, 5.41) is 2.90. The molecule has 1 aliphatic heterocycles. The van der Waals surface area contributed by atoms with Crippen molar-refractivity contribution >= 4 is 11.6 Å². The molecule has 0 unspecified atom stereocenters. The molecule has 0 bridgehead atoms. The van der Waals surface area contributed by atoms with Crippen LogP contribution in [0.15, 0.2) is 41.7 Å². The second-order valence-corrected chi connectivity index (χ2v) is 5.08. The summed E-state index contributed by atoms with van der Waals surface area (Å²) in [4.78, 5) is 16.3. The lowest BCUT2D eigenvalue weighted by Gasteiger charge is -2.21. The summed E-state index contributed by atoms with van der Waals surface area (Å²) in [6.45, 7) is 5.79. The van der Waals surface area contributed by atoms with Crippen LogP contribution in [0.1, 0.15) is 26.3 Å². The van der Waals surface area contributed by atoms with Crippen molar-refractivity contribution in [1.82, 2.24) is 5.32 Å². The van der Waals surface area contributed by atoms with Crippen molar-refractivity contribution in [3.8, 4) is 5.75 Å². The number of fused-ring (bicyclic) bond motifs is 1. The lowest BCUT2D eigenvalue weighted by Crippen LogP contribution is -2.44. The highest BCUT2D eigenvalue weighted by Crippen LogP contribution is 2.21. The zero-order valence-corrected chi connectivity index (χ0v) is 10.7. The van der Waals surface area contributed by atoms with Crippen LogP contribution >= 0.6 is 0 Å². The summed E-state index contributed by atoms with van der Waals surface area (Å²) in [6.07, 6.45) is 2.95. The molecule has 4 heteroatoms. The van der Waals surface area contributed by atoms with Gasteiger partial charge in [-0.25, -0.2) is 4.99 Å². The first-order chi connectivity index (χ1) is 8.47. The smallest absolute Gasteiger partial charge is 0.271 e. The molecule has 1 amide bonds. The van der Waals surface area contributed by atoms with E-state index >= 15 is 0 Å². The fraction of sp³-hybridized carbons (Fsp3) is 0.286. The molecule has 0 fully saturated rings. The minimum absolute atomic E-state index is 0.204. The van der Waals surface area contributed by atoms with Gasteiger partial charge in [0.05, 0.1) is 6.20 Å². The fourth-order valence-electron chi connectivity index (χ4n) is 1.62. The van der Waals surface area contributed by atoms with E-state index in [1.807, 2.05) is 45.0 Å². The van der Waals surface area contributed by atoms with Crippen molar-refractivity contribution in [3.05, 3.63) is 42.3 Å². The van der Waals surface area contributed by atoms with Gasteiger partial charge in [0.25, 0.3) is 5.91 Å². The maximum atomic E-state index is 12.2. The van der Waals surface area contributed by atoms with Crippen LogP contribution < -0.4 is 10.1 Å². The first-order valence-electron chi connectivity index (χ1n) is 5.79. The number of rotatable bonds is 1. The van der Waals surface area contributed by atoms with Gasteiger partial charge in [-0.3, -0.25) is 4.79 Å². The molecule has 1 N–H and O–H groups in total. The van der Waals surface area contributed by atoms with Gasteiger partial charge >= 0.3 is 0 Å². The number of nitrogens with one attached hydrogen (secondary N) is 1. The zero-order chi connectivity index (χ0) is 13.2. The van der Waals surface area contributed by atoms with Crippen molar-refractivity contribution in [2.45, 2.75) is 26.3 Å². The molecular weight excluding hydrogens is 228 g/mol. The third kappa shape index (κ3) is 2.77. The van der Waals surface area contributed by atoms with Gasteiger partial charge in [0, 0.05) is 11.1 Å². The van der Waals surface area contributed by atoms with E-state index < -0.39 is 0 Å². The molecular formula is C14H16N2O2. The molecule has 2 rings (SSSR count). The molecule has 1 heterocycles. The van der Waals surface area contributed by atoms with Crippen LogP contribution in [0.3, 0.4) is 0 Å². The average molecular weight is 244 g/mol. The van der Waals surface area contributed by atoms with E-state index in [-0.39, 0.29) is 11.4 Å². The van der Waals surface area contributed by atoms with Crippen molar-refractivity contribution in [1.29, 1.82) is 0 Å². The van der Waals surface area contributed by atoms with Gasteiger partial charge in [-0.1, -0.05) is 12.1 Å². The topological polar surface area (TPSA) is 50.7 Å². The maximum absolute atomic E-state index is 12.2. The Kier molecular flexibility index (Phi) is 3.19. The standard InChI is InChI=1S/C14H16N2O2/c1-14(2,3)16-13(17)12-10-6-4-5-7-11(10)18-9-8-15-12/h4-9H,1-3H3,(H,16,17). The lowest BCUT2D eigenvalue weighted by atomic mass is 10.1. The van der Waals surface area contributed by atoms with Crippen LogP contribution in [-0.2, 0) is 4.79 Å². The van der Waals surface area contributed by atoms with Crippen LogP contribution in [-0.4, -0.2) is 17.2 Å². The summed E-state index contributed by atoms with van der Waals surface area (Å²) in [7, 11) is 0. The average Bonchev–Trinajstić information content (AvgIpc) is 2.48. The normalized spacial score (nSPS) is 14.1. The quantitative estimate of drug-likeness (QED) is 0.823. The van der Waals surface area contributed by atoms with Gasteiger partial charge in [0.2, 0.25) is 0 Å². The molecule has 0 saturated carbocycles. The molecule has 0 atom stereocenters. The van der Waals surface area contributed by atoms with Crippen LogP contribution in [0.4, 0.5) is 0 Å². The molecule has 0 saturated heterocycles. The first kappa shape index (κ1) is 12.4. The van der Waals surface area contributed by atoms with Crippen molar-refractivity contribution in [2.24, 2.45) is 4.99 Å². The number of carbonyl (C=O) groups is 1. The molecule has 1 aromatic rings. The van der Waals surface area contributed by atoms with E-state index in [0.29, 0.717) is 17.0 Å². The number of carbonyl (C=O) groups excluding carboxylic acids is 1. The van der Waals surface area contributed by atoms with E-state index in [9.17, 15) is 4.79 Å². The molecule has 0 aromatic heterocycles. The molecule has 0 spiro atoms. The maximum Gasteiger partial charge on any atom is 0.271 e. The summed E-state index contributed by atoms with van der Waals surface area (Å²) in [6, 6.07) is 7.35. The third-order valence-corrected chi connectivity index (χ3v) is 2.31. The first-order valence-corrected chi connectivity index (χ1v) is 5.79. The third-order valence-electron chi connectivity index (χ3n) is 2.31.